The highest BCUT2D eigenvalue weighted by Crippen LogP contribution is 2.36. The zero-order chi connectivity index (χ0) is 26.6. The molecule has 0 saturated heterocycles. The third-order valence-corrected chi connectivity index (χ3v) is 8.73. The summed E-state index contributed by atoms with van der Waals surface area (Å²) in [5, 5.41) is 1.61. The van der Waals surface area contributed by atoms with Crippen LogP contribution < -0.4 is 11.5 Å². The van der Waals surface area contributed by atoms with Crippen molar-refractivity contribution < 1.29 is 9.59 Å². The van der Waals surface area contributed by atoms with Gasteiger partial charge < -0.3 is 11.5 Å². The summed E-state index contributed by atoms with van der Waals surface area (Å²) in [6.07, 6.45) is 0. The van der Waals surface area contributed by atoms with Gasteiger partial charge in [0.05, 0.1) is 11.4 Å². The third kappa shape index (κ3) is 4.04. The quantitative estimate of drug-likeness (QED) is 0.235. The summed E-state index contributed by atoms with van der Waals surface area (Å²) in [6, 6.07) is 22.4. The predicted molar refractivity (Wildman–Crippen MR) is 156 cm³/mol. The van der Waals surface area contributed by atoms with E-state index in [4.69, 9.17) is 11.5 Å². The van der Waals surface area contributed by atoms with Crippen LogP contribution >= 0.6 is 22.7 Å². The number of rotatable bonds is 5. The normalized spacial score (nSPS) is 11.3. The molecule has 0 amide bonds. The number of ketones is 2. The van der Waals surface area contributed by atoms with E-state index < -0.39 is 0 Å². The Hall–Kier alpha value is -4.40. The van der Waals surface area contributed by atoms with Gasteiger partial charge in [0.2, 0.25) is 11.6 Å². The van der Waals surface area contributed by atoms with Gasteiger partial charge in [0, 0.05) is 33.3 Å². The Kier molecular flexibility index (Phi) is 5.78. The fourth-order valence-electron chi connectivity index (χ4n) is 4.41. The van der Waals surface area contributed by atoms with Crippen molar-refractivity contribution in [3.05, 3.63) is 105 Å². The standard InChI is InChI=1S/C30H22N4O2S2/c1-15-3-13-21-23(31)27(37-29(21)33-15)25(35)19-9-5-17(6-10-19)18-7-11-20(12-8-18)26(36)28-24(32)22-14-4-16(2)34-30(22)38-28/h3-14H,31-32H2,1-2H3. The minimum Gasteiger partial charge on any atom is -0.397 e. The highest BCUT2D eigenvalue weighted by molar-refractivity contribution is 7.21. The van der Waals surface area contributed by atoms with Gasteiger partial charge in [-0.2, -0.15) is 0 Å². The number of thiophene rings is 2. The molecule has 186 valence electrons. The molecule has 0 bridgehead atoms. The molecule has 4 N–H and O–H groups in total. The Morgan fingerprint density at radius 2 is 0.947 bits per heavy atom. The Morgan fingerprint density at radius 1 is 0.579 bits per heavy atom. The summed E-state index contributed by atoms with van der Waals surface area (Å²) >= 11 is 2.63. The zero-order valence-corrected chi connectivity index (χ0v) is 22.2. The molecule has 6 rings (SSSR count). The van der Waals surface area contributed by atoms with Crippen molar-refractivity contribution in [2.75, 3.05) is 11.5 Å². The van der Waals surface area contributed by atoms with E-state index in [1.807, 2.05) is 62.4 Å². The molecular formula is C30H22N4O2S2. The molecule has 0 unspecified atom stereocenters. The maximum atomic E-state index is 13.2. The number of anilines is 2. The van der Waals surface area contributed by atoms with Gasteiger partial charge in [-0.05, 0) is 49.2 Å². The maximum Gasteiger partial charge on any atom is 0.205 e. The number of nitrogen functional groups attached to an aromatic ring is 2. The van der Waals surface area contributed by atoms with Crippen LogP contribution in [-0.4, -0.2) is 21.5 Å². The average Bonchev–Trinajstić information content (AvgIpc) is 3.43. The lowest BCUT2D eigenvalue weighted by Crippen LogP contribution is -2.02. The van der Waals surface area contributed by atoms with Gasteiger partial charge in [-0.1, -0.05) is 48.5 Å². The summed E-state index contributed by atoms with van der Waals surface area (Å²) < 4.78 is 0. The lowest BCUT2D eigenvalue weighted by molar-refractivity contribution is 0.103. The second-order valence-corrected chi connectivity index (χ2v) is 11.1. The summed E-state index contributed by atoms with van der Waals surface area (Å²) in [5.74, 6) is -0.248. The highest BCUT2D eigenvalue weighted by Gasteiger charge is 2.20. The van der Waals surface area contributed by atoms with Crippen molar-refractivity contribution in [3.8, 4) is 11.1 Å². The molecule has 0 aliphatic carbocycles. The van der Waals surface area contributed by atoms with Crippen LogP contribution in [0.3, 0.4) is 0 Å². The van der Waals surface area contributed by atoms with Gasteiger partial charge in [0.25, 0.3) is 0 Å². The number of hydrogen-bond donors (Lipinski definition) is 2. The third-order valence-electron chi connectivity index (χ3n) is 6.51. The summed E-state index contributed by atoms with van der Waals surface area (Å²) in [7, 11) is 0. The number of nitrogens with two attached hydrogens (primary N) is 2. The number of pyridine rings is 2. The van der Waals surface area contributed by atoms with Crippen LogP contribution in [0.15, 0.2) is 72.8 Å². The molecule has 0 spiro atoms. The molecule has 0 atom stereocenters. The number of aryl methyl sites for hydroxylation is 2. The predicted octanol–water partition coefficient (Wildman–Crippen LogP) is 6.82. The van der Waals surface area contributed by atoms with Crippen molar-refractivity contribution in [2.45, 2.75) is 13.8 Å². The van der Waals surface area contributed by atoms with Gasteiger partial charge in [0.1, 0.15) is 19.4 Å². The fraction of sp³-hybridized carbons (Fsp3) is 0.0667. The Balaban J connectivity index is 1.24. The number of aromatic nitrogens is 2. The molecule has 2 aromatic carbocycles. The van der Waals surface area contributed by atoms with Crippen LogP contribution in [-0.2, 0) is 0 Å². The van der Waals surface area contributed by atoms with E-state index in [1.165, 1.54) is 22.7 Å². The number of benzene rings is 2. The molecule has 8 heteroatoms. The Bertz CT molecular complexity index is 1750. The van der Waals surface area contributed by atoms with Crippen molar-refractivity contribution in [2.24, 2.45) is 0 Å². The van der Waals surface area contributed by atoms with E-state index in [9.17, 15) is 9.59 Å². The molecular weight excluding hydrogens is 512 g/mol. The monoisotopic (exact) mass is 534 g/mol. The van der Waals surface area contributed by atoms with Gasteiger partial charge in [-0.25, -0.2) is 9.97 Å². The molecule has 6 aromatic rings. The average molecular weight is 535 g/mol. The Labute approximate surface area is 226 Å². The lowest BCUT2D eigenvalue weighted by Gasteiger charge is -2.06. The number of carbonyl (C=O) groups excluding carboxylic acids is 2. The van der Waals surface area contributed by atoms with E-state index in [0.29, 0.717) is 32.3 Å². The lowest BCUT2D eigenvalue weighted by atomic mass is 9.99. The number of hydrogen-bond acceptors (Lipinski definition) is 8. The molecule has 38 heavy (non-hydrogen) atoms. The topological polar surface area (TPSA) is 112 Å². The van der Waals surface area contributed by atoms with Crippen LogP contribution in [0, 0.1) is 13.8 Å². The molecule has 6 nitrogen and oxygen atoms in total. The number of fused-ring (bicyclic) bond motifs is 2. The first kappa shape index (κ1) is 24.0. The maximum absolute atomic E-state index is 13.2. The molecule has 0 saturated carbocycles. The minimum absolute atomic E-state index is 0.124. The van der Waals surface area contributed by atoms with Crippen molar-refractivity contribution in [1.82, 2.24) is 9.97 Å². The van der Waals surface area contributed by atoms with E-state index >= 15 is 0 Å². The van der Waals surface area contributed by atoms with Crippen LogP contribution in [0.1, 0.15) is 41.9 Å². The fourth-order valence-corrected chi connectivity index (χ4v) is 6.61. The first-order chi connectivity index (χ1) is 18.3. The van der Waals surface area contributed by atoms with E-state index in [2.05, 4.69) is 9.97 Å². The molecule has 4 aromatic heterocycles. The first-order valence-electron chi connectivity index (χ1n) is 11.9. The van der Waals surface area contributed by atoms with Crippen molar-refractivity contribution in [3.63, 3.8) is 0 Å². The van der Waals surface area contributed by atoms with Crippen molar-refractivity contribution >= 4 is 66.0 Å². The summed E-state index contributed by atoms with van der Waals surface area (Å²) in [6.45, 7) is 3.82. The van der Waals surface area contributed by atoms with E-state index in [1.54, 1.807) is 24.3 Å². The molecule has 4 heterocycles. The van der Waals surface area contributed by atoms with Gasteiger partial charge in [0.15, 0.2) is 0 Å². The van der Waals surface area contributed by atoms with E-state index in [0.717, 1.165) is 42.9 Å². The smallest absolute Gasteiger partial charge is 0.205 e. The second-order valence-electron chi connectivity index (χ2n) is 9.11. The number of nitrogens with zero attached hydrogens (tertiary/aromatic N) is 2. The van der Waals surface area contributed by atoms with Crippen LogP contribution in [0.25, 0.3) is 31.6 Å². The van der Waals surface area contributed by atoms with Gasteiger partial charge in [-0.15, -0.1) is 22.7 Å². The van der Waals surface area contributed by atoms with Gasteiger partial charge >= 0.3 is 0 Å². The highest BCUT2D eigenvalue weighted by atomic mass is 32.1. The molecule has 0 radical (unpaired) electrons. The summed E-state index contributed by atoms with van der Waals surface area (Å²) in [4.78, 5) is 37.9. The molecule has 0 aliphatic heterocycles. The minimum atomic E-state index is -0.124. The molecule has 0 fully saturated rings. The van der Waals surface area contributed by atoms with Gasteiger partial charge in [-0.3, -0.25) is 9.59 Å². The largest absolute Gasteiger partial charge is 0.397 e. The second kappa shape index (κ2) is 9.16. The first-order valence-corrected chi connectivity index (χ1v) is 13.5. The van der Waals surface area contributed by atoms with Crippen LogP contribution in [0.5, 0.6) is 0 Å². The SMILES string of the molecule is Cc1ccc2c(N)c(C(=O)c3ccc(-c4ccc(C(=O)c5sc6nc(C)ccc6c5N)cc4)cc3)sc2n1. The number of carbonyl (C=O) groups is 2. The van der Waals surface area contributed by atoms with E-state index in [-0.39, 0.29) is 11.6 Å². The van der Waals surface area contributed by atoms with Crippen molar-refractivity contribution in [1.29, 1.82) is 0 Å². The Morgan fingerprint density at radius 3 is 1.32 bits per heavy atom. The van der Waals surface area contributed by atoms with Crippen LogP contribution in [0.2, 0.25) is 0 Å². The molecule has 0 aliphatic rings. The summed E-state index contributed by atoms with van der Waals surface area (Å²) in [5.41, 5.74) is 18.2. The van der Waals surface area contributed by atoms with Crippen LogP contribution in [0.4, 0.5) is 11.4 Å². The zero-order valence-electron chi connectivity index (χ0n) is 20.6.